The van der Waals surface area contributed by atoms with E-state index in [1.807, 2.05) is 31.2 Å². The molecule has 3 amide bonds. The zero-order chi connectivity index (χ0) is 20.8. The van der Waals surface area contributed by atoms with E-state index in [4.69, 9.17) is 11.6 Å². The van der Waals surface area contributed by atoms with Crippen molar-refractivity contribution in [1.29, 1.82) is 0 Å². The molecule has 4 aliphatic rings. The molecule has 4 aliphatic heterocycles. The molecular formula is C23H20ClN3O3. The molecule has 3 fully saturated rings. The van der Waals surface area contributed by atoms with Gasteiger partial charge in [-0.3, -0.25) is 19.3 Å². The number of benzene rings is 2. The molecule has 0 unspecified atom stereocenters. The largest absolute Gasteiger partial charge is 0.324 e. The van der Waals surface area contributed by atoms with E-state index in [0.29, 0.717) is 22.9 Å². The number of nitrogens with zero attached hydrogens (tertiary/aromatic N) is 2. The fourth-order valence-electron chi connectivity index (χ4n) is 6.27. The van der Waals surface area contributed by atoms with Crippen LogP contribution in [0.3, 0.4) is 0 Å². The van der Waals surface area contributed by atoms with E-state index in [0.717, 1.165) is 24.0 Å². The number of aryl methyl sites for hydroxylation is 1. The molecule has 6 nitrogen and oxygen atoms in total. The van der Waals surface area contributed by atoms with Crippen molar-refractivity contribution in [1.82, 2.24) is 4.90 Å². The van der Waals surface area contributed by atoms with Gasteiger partial charge in [0.2, 0.25) is 17.7 Å². The van der Waals surface area contributed by atoms with Crippen LogP contribution in [0.4, 0.5) is 11.4 Å². The standard InChI is InChI=1S/C23H20ClN3O3/c1-12-10-13(24)11-15-19(12)25-22(30)23(15)18-17(16-8-5-9-26(16)23)20(28)27(21(18)29)14-6-3-2-4-7-14/h2-4,6-7,10-11,16-18H,5,8-9H2,1H3,(H,25,30)/t16-,17+,18-,23+/m0/s1. The minimum Gasteiger partial charge on any atom is -0.324 e. The molecule has 1 N–H and O–H groups in total. The summed E-state index contributed by atoms with van der Waals surface area (Å²) in [4.78, 5) is 44.4. The molecule has 0 bridgehead atoms. The summed E-state index contributed by atoms with van der Waals surface area (Å²) in [7, 11) is 0. The van der Waals surface area contributed by atoms with Gasteiger partial charge in [-0.2, -0.15) is 0 Å². The second-order valence-electron chi connectivity index (χ2n) is 8.62. The number of halogens is 1. The maximum atomic E-state index is 13.8. The predicted octanol–water partition coefficient (Wildman–Crippen LogP) is 3.08. The molecule has 6 rings (SSSR count). The molecule has 2 aromatic rings. The third kappa shape index (κ3) is 1.96. The lowest BCUT2D eigenvalue weighted by atomic mass is 9.75. The van der Waals surface area contributed by atoms with Gasteiger partial charge >= 0.3 is 0 Å². The smallest absolute Gasteiger partial charge is 0.250 e. The number of amides is 3. The number of para-hydroxylation sites is 1. The van der Waals surface area contributed by atoms with Crippen LogP contribution < -0.4 is 10.2 Å². The molecule has 7 heteroatoms. The zero-order valence-electron chi connectivity index (χ0n) is 16.4. The fraction of sp³-hybridized carbons (Fsp3) is 0.348. The minimum absolute atomic E-state index is 0.129. The first-order valence-corrected chi connectivity index (χ1v) is 10.7. The summed E-state index contributed by atoms with van der Waals surface area (Å²) < 4.78 is 0. The summed E-state index contributed by atoms with van der Waals surface area (Å²) in [5.74, 6) is -2.01. The summed E-state index contributed by atoms with van der Waals surface area (Å²) in [6, 6.07) is 12.5. The number of carbonyl (C=O) groups excluding carboxylic acids is 3. The van der Waals surface area contributed by atoms with E-state index < -0.39 is 17.4 Å². The SMILES string of the molecule is Cc1cc(Cl)cc2c1NC(=O)[C@]21[C@@H]2C(=O)N(c3ccccc3)C(=O)[C@@H]2[C@@H]2CCCN21. The number of carbonyl (C=O) groups is 3. The van der Waals surface area contributed by atoms with Crippen LogP contribution in [0.2, 0.25) is 5.02 Å². The van der Waals surface area contributed by atoms with Gasteiger partial charge in [0.15, 0.2) is 0 Å². The van der Waals surface area contributed by atoms with Gasteiger partial charge in [0, 0.05) is 22.3 Å². The summed E-state index contributed by atoms with van der Waals surface area (Å²) in [5.41, 5.74) is 1.68. The molecule has 30 heavy (non-hydrogen) atoms. The van der Waals surface area contributed by atoms with Gasteiger partial charge < -0.3 is 5.32 Å². The average Bonchev–Trinajstić information content (AvgIpc) is 3.42. The number of imide groups is 1. The fourth-order valence-corrected chi connectivity index (χ4v) is 6.54. The molecule has 2 aromatic carbocycles. The third-order valence-electron chi connectivity index (χ3n) is 7.28. The van der Waals surface area contributed by atoms with Crippen LogP contribution in [-0.2, 0) is 19.9 Å². The number of anilines is 2. The molecule has 0 saturated carbocycles. The van der Waals surface area contributed by atoms with Gasteiger partial charge in [-0.25, -0.2) is 4.90 Å². The van der Waals surface area contributed by atoms with Crippen molar-refractivity contribution in [2.24, 2.45) is 11.8 Å². The second kappa shape index (κ2) is 5.93. The number of hydrogen-bond donors (Lipinski definition) is 1. The van der Waals surface area contributed by atoms with E-state index in [9.17, 15) is 14.4 Å². The van der Waals surface area contributed by atoms with Crippen LogP contribution in [0.5, 0.6) is 0 Å². The van der Waals surface area contributed by atoms with Gasteiger partial charge in [-0.15, -0.1) is 0 Å². The maximum absolute atomic E-state index is 13.8. The number of hydrogen-bond acceptors (Lipinski definition) is 4. The van der Waals surface area contributed by atoms with Crippen molar-refractivity contribution in [2.45, 2.75) is 31.3 Å². The van der Waals surface area contributed by atoms with E-state index in [-0.39, 0.29) is 23.8 Å². The molecule has 4 heterocycles. The quantitative estimate of drug-likeness (QED) is 0.718. The van der Waals surface area contributed by atoms with Crippen molar-refractivity contribution in [3.8, 4) is 0 Å². The molecule has 4 atom stereocenters. The first kappa shape index (κ1) is 18.1. The van der Waals surface area contributed by atoms with E-state index >= 15 is 0 Å². The lowest BCUT2D eigenvalue weighted by molar-refractivity contribution is -0.135. The Kier molecular flexibility index (Phi) is 3.58. The van der Waals surface area contributed by atoms with Crippen molar-refractivity contribution in [3.63, 3.8) is 0 Å². The highest BCUT2D eigenvalue weighted by Crippen LogP contribution is 2.61. The van der Waals surface area contributed by atoms with Gasteiger partial charge in [-0.05, 0) is 56.1 Å². The number of fused-ring (bicyclic) bond motifs is 7. The topological polar surface area (TPSA) is 69.7 Å². The Hall–Kier alpha value is -2.70. The van der Waals surface area contributed by atoms with E-state index in [1.165, 1.54) is 4.90 Å². The Labute approximate surface area is 178 Å². The van der Waals surface area contributed by atoms with Gasteiger partial charge in [0.05, 0.1) is 17.5 Å². The third-order valence-corrected chi connectivity index (χ3v) is 7.50. The molecular weight excluding hydrogens is 402 g/mol. The van der Waals surface area contributed by atoms with Crippen LogP contribution >= 0.6 is 11.6 Å². The summed E-state index contributed by atoms with van der Waals surface area (Å²) in [6.45, 7) is 2.58. The highest BCUT2D eigenvalue weighted by molar-refractivity contribution is 6.31. The predicted molar refractivity (Wildman–Crippen MR) is 112 cm³/mol. The normalized spacial score (nSPS) is 32.0. The van der Waals surface area contributed by atoms with E-state index in [1.54, 1.807) is 18.2 Å². The minimum atomic E-state index is -1.19. The zero-order valence-corrected chi connectivity index (χ0v) is 17.1. The number of nitrogens with one attached hydrogen (secondary N) is 1. The second-order valence-corrected chi connectivity index (χ2v) is 9.06. The Morgan fingerprint density at radius 1 is 1.10 bits per heavy atom. The van der Waals surface area contributed by atoms with Crippen LogP contribution in [0, 0.1) is 18.8 Å². The van der Waals surface area contributed by atoms with Crippen LogP contribution in [-0.4, -0.2) is 35.2 Å². The van der Waals surface area contributed by atoms with Crippen molar-refractivity contribution >= 4 is 40.7 Å². The van der Waals surface area contributed by atoms with E-state index in [2.05, 4.69) is 10.2 Å². The summed E-state index contributed by atoms with van der Waals surface area (Å²) in [5, 5.41) is 3.55. The molecule has 0 radical (unpaired) electrons. The van der Waals surface area contributed by atoms with Crippen molar-refractivity contribution < 1.29 is 14.4 Å². The lowest BCUT2D eigenvalue weighted by Gasteiger charge is -2.36. The molecule has 1 spiro atoms. The average molecular weight is 422 g/mol. The van der Waals surface area contributed by atoms with Crippen LogP contribution in [0.15, 0.2) is 42.5 Å². The summed E-state index contributed by atoms with van der Waals surface area (Å²) >= 11 is 6.39. The summed E-state index contributed by atoms with van der Waals surface area (Å²) in [6.07, 6.45) is 1.69. The van der Waals surface area contributed by atoms with Crippen LogP contribution in [0.25, 0.3) is 0 Å². The van der Waals surface area contributed by atoms with Gasteiger partial charge in [-0.1, -0.05) is 29.8 Å². The lowest BCUT2D eigenvalue weighted by Crippen LogP contribution is -2.54. The van der Waals surface area contributed by atoms with Crippen molar-refractivity contribution in [3.05, 3.63) is 58.6 Å². The monoisotopic (exact) mass is 421 g/mol. The van der Waals surface area contributed by atoms with Gasteiger partial charge in [0.25, 0.3) is 0 Å². The Bertz CT molecular complexity index is 1130. The van der Waals surface area contributed by atoms with Crippen LogP contribution in [0.1, 0.15) is 24.0 Å². The maximum Gasteiger partial charge on any atom is 0.250 e. The highest BCUT2D eigenvalue weighted by Gasteiger charge is 2.74. The first-order chi connectivity index (χ1) is 14.5. The Morgan fingerprint density at radius 3 is 2.63 bits per heavy atom. The van der Waals surface area contributed by atoms with Crippen molar-refractivity contribution in [2.75, 3.05) is 16.8 Å². The molecule has 3 saturated heterocycles. The highest BCUT2D eigenvalue weighted by atomic mass is 35.5. The Balaban J connectivity index is 1.59. The molecule has 0 aliphatic carbocycles. The van der Waals surface area contributed by atoms with Gasteiger partial charge in [0.1, 0.15) is 5.54 Å². The molecule has 152 valence electrons. The Morgan fingerprint density at radius 2 is 1.87 bits per heavy atom. The molecule has 0 aromatic heterocycles. The first-order valence-electron chi connectivity index (χ1n) is 10.3. The number of rotatable bonds is 1.